The molecule has 20 heavy (non-hydrogen) atoms. The number of hydrogen-bond acceptors (Lipinski definition) is 3. The van der Waals surface area contributed by atoms with Gasteiger partial charge in [-0.2, -0.15) is 0 Å². The van der Waals surface area contributed by atoms with Gasteiger partial charge in [-0.25, -0.2) is 0 Å². The summed E-state index contributed by atoms with van der Waals surface area (Å²) >= 11 is 0. The van der Waals surface area contributed by atoms with Gasteiger partial charge in [0.15, 0.2) is 0 Å². The maximum absolute atomic E-state index is 12.0. The van der Waals surface area contributed by atoms with Gasteiger partial charge in [-0.05, 0) is 30.2 Å². The van der Waals surface area contributed by atoms with E-state index in [0.717, 1.165) is 11.1 Å². The molecule has 1 unspecified atom stereocenters. The minimum Gasteiger partial charge on any atom is -0.398 e. The molecule has 0 aliphatic heterocycles. The Morgan fingerprint density at radius 1 is 1.25 bits per heavy atom. The summed E-state index contributed by atoms with van der Waals surface area (Å²) in [4.78, 5) is 12.0. The highest BCUT2D eigenvalue weighted by atomic mass is 16.3. The van der Waals surface area contributed by atoms with E-state index in [9.17, 15) is 9.90 Å². The molecule has 0 spiro atoms. The topological polar surface area (TPSA) is 75.3 Å². The summed E-state index contributed by atoms with van der Waals surface area (Å²) in [5.74, 6) is -0.244. The first-order chi connectivity index (χ1) is 9.58. The second-order valence-corrected chi connectivity index (χ2v) is 4.71. The molecule has 0 saturated carbocycles. The maximum atomic E-state index is 12.0. The number of nitrogens with one attached hydrogen (secondary N) is 1. The average molecular weight is 270 g/mol. The van der Waals surface area contributed by atoms with E-state index in [1.54, 1.807) is 18.2 Å². The van der Waals surface area contributed by atoms with Crippen molar-refractivity contribution in [1.29, 1.82) is 0 Å². The van der Waals surface area contributed by atoms with Crippen molar-refractivity contribution >= 4 is 11.6 Å². The Morgan fingerprint density at radius 3 is 2.60 bits per heavy atom. The Hall–Kier alpha value is -2.33. The molecular formula is C16H18N2O2. The molecule has 0 saturated heterocycles. The van der Waals surface area contributed by atoms with Crippen LogP contribution < -0.4 is 11.1 Å². The molecule has 0 fully saturated rings. The molecule has 2 aromatic carbocycles. The summed E-state index contributed by atoms with van der Waals surface area (Å²) in [6.45, 7) is 2.05. The lowest BCUT2D eigenvalue weighted by atomic mass is 10.1. The Labute approximate surface area is 118 Å². The van der Waals surface area contributed by atoms with Gasteiger partial charge in [-0.3, -0.25) is 4.79 Å². The van der Waals surface area contributed by atoms with E-state index in [4.69, 9.17) is 5.73 Å². The van der Waals surface area contributed by atoms with Gasteiger partial charge in [0.2, 0.25) is 0 Å². The molecule has 2 aromatic rings. The van der Waals surface area contributed by atoms with E-state index in [2.05, 4.69) is 5.32 Å². The Balaban J connectivity index is 1.97. The van der Waals surface area contributed by atoms with E-state index >= 15 is 0 Å². The van der Waals surface area contributed by atoms with Crippen LogP contribution in [0.2, 0.25) is 0 Å². The largest absolute Gasteiger partial charge is 0.398 e. The predicted octanol–water partition coefficient (Wildman–Crippen LogP) is 2.04. The lowest BCUT2D eigenvalue weighted by Crippen LogP contribution is -2.28. The van der Waals surface area contributed by atoms with Crippen molar-refractivity contribution in [1.82, 2.24) is 5.32 Å². The number of anilines is 1. The zero-order chi connectivity index (χ0) is 14.5. The first kappa shape index (κ1) is 14.1. The average Bonchev–Trinajstić information content (AvgIpc) is 2.48. The van der Waals surface area contributed by atoms with Crippen LogP contribution in [0.5, 0.6) is 0 Å². The standard InChI is InChI=1S/C16H18N2O2/c1-11-7-8-13(9-14(11)17)16(20)18-10-15(19)12-5-3-2-4-6-12/h2-9,15,19H,10,17H2,1H3,(H,18,20). The molecule has 4 heteroatoms. The number of nitrogens with two attached hydrogens (primary N) is 1. The molecule has 0 aliphatic rings. The van der Waals surface area contributed by atoms with Crippen LogP contribution >= 0.6 is 0 Å². The SMILES string of the molecule is Cc1ccc(C(=O)NCC(O)c2ccccc2)cc1N. The van der Waals surface area contributed by atoms with Gasteiger partial charge in [0.1, 0.15) is 0 Å². The van der Waals surface area contributed by atoms with E-state index in [0.29, 0.717) is 11.3 Å². The zero-order valence-corrected chi connectivity index (χ0v) is 11.3. The summed E-state index contributed by atoms with van der Waals surface area (Å²) in [6, 6.07) is 14.4. The molecule has 1 amide bonds. The van der Waals surface area contributed by atoms with Crippen molar-refractivity contribution in [2.24, 2.45) is 0 Å². The van der Waals surface area contributed by atoms with Crippen molar-refractivity contribution in [2.45, 2.75) is 13.0 Å². The second-order valence-electron chi connectivity index (χ2n) is 4.71. The van der Waals surface area contributed by atoms with Crippen LogP contribution in [0, 0.1) is 6.92 Å². The van der Waals surface area contributed by atoms with Crippen molar-refractivity contribution in [3.05, 3.63) is 65.2 Å². The highest BCUT2D eigenvalue weighted by Gasteiger charge is 2.11. The summed E-state index contributed by atoms with van der Waals surface area (Å²) < 4.78 is 0. The Kier molecular flexibility index (Phi) is 4.38. The summed E-state index contributed by atoms with van der Waals surface area (Å²) in [7, 11) is 0. The number of carbonyl (C=O) groups excluding carboxylic acids is 1. The number of carbonyl (C=O) groups is 1. The normalized spacial score (nSPS) is 11.9. The summed E-state index contributed by atoms with van der Waals surface area (Å²) in [5.41, 5.74) is 8.56. The molecule has 0 aliphatic carbocycles. The highest BCUT2D eigenvalue weighted by molar-refractivity contribution is 5.95. The molecule has 0 bridgehead atoms. The number of amides is 1. The van der Waals surface area contributed by atoms with Crippen LogP contribution in [0.25, 0.3) is 0 Å². The first-order valence-electron chi connectivity index (χ1n) is 6.45. The van der Waals surface area contributed by atoms with Crippen molar-refractivity contribution in [3.8, 4) is 0 Å². The fourth-order valence-corrected chi connectivity index (χ4v) is 1.87. The fraction of sp³-hybridized carbons (Fsp3) is 0.188. The van der Waals surface area contributed by atoms with Crippen molar-refractivity contribution in [2.75, 3.05) is 12.3 Å². The van der Waals surface area contributed by atoms with Crippen LogP contribution in [0.15, 0.2) is 48.5 Å². The van der Waals surface area contributed by atoms with Crippen molar-refractivity contribution in [3.63, 3.8) is 0 Å². The fourth-order valence-electron chi connectivity index (χ4n) is 1.87. The molecule has 0 radical (unpaired) electrons. The van der Waals surface area contributed by atoms with Gasteiger partial charge in [0.05, 0.1) is 6.10 Å². The van der Waals surface area contributed by atoms with Gasteiger partial charge in [0.25, 0.3) is 5.91 Å². The second kappa shape index (κ2) is 6.21. The number of aliphatic hydroxyl groups excluding tert-OH is 1. The van der Waals surface area contributed by atoms with Gasteiger partial charge in [-0.15, -0.1) is 0 Å². The number of benzene rings is 2. The third kappa shape index (κ3) is 3.36. The molecule has 4 N–H and O–H groups in total. The van der Waals surface area contributed by atoms with Crippen LogP contribution in [-0.2, 0) is 0 Å². The molecular weight excluding hydrogens is 252 g/mol. The number of aryl methyl sites for hydroxylation is 1. The van der Waals surface area contributed by atoms with Gasteiger partial charge >= 0.3 is 0 Å². The van der Waals surface area contributed by atoms with Crippen molar-refractivity contribution < 1.29 is 9.90 Å². The Morgan fingerprint density at radius 2 is 1.95 bits per heavy atom. The monoisotopic (exact) mass is 270 g/mol. The van der Waals surface area contributed by atoms with Crippen LogP contribution in [0.4, 0.5) is 5.69 Å². The van der Waals surface area contributed by atoms with Gasteiger partial charge in [-0.1, -0.05) is 36.4 Å². The quantitative estimate of drug-likeness (QED) is 0.744. The molecule has 0 aromatic heterocycles. The number of rotatable bonds is 4. The maximum Gasteiger partial charge on any atom is 0.251 e. The molecule has 2 rings (SSSR count). The van der Waals surface area contributed by atoms with E-state index in [1.807, 2.05) is 37.3 Å². The minimum absolute atomic E-state index is 0.163. The first-order valence-corrected chi connectivity index (χ1v) is 6.45. The highest BCUT2D eigenvalue weighted by Crippen LogP contribution is 2.14. The summed E-state index contributed by atoms with van der Waals surface area (Å²) in [6.07, 6.45) is -0.719. The van der Waals surface area contributed by atoms with E-state index in [-0.39, 0.29) is 12.5 Å². The molecule has 1 atom stereocenters. The summed E-state index contributed by atoms with van der Waals surface area (Å²) in [5, 5.41) is 12.7. The zero-order valence-electron chi connectivity index (χ0n) is 11.3. The smallest absolute Gasteiger partial charge is 0.251 e. The number of nitrogen functional groups attached to an aromatic ring is 1. The number of aliphatic hydroxyl groups is 1. The third-order valence-corrected chi connectivity index (χ3v) is 3.18. The lowest BCUT2D eigenvalue weighted by Gasteiger charge is -2.12. The minimum atomic E-state index is -0.719. The molecule has 4 nitrogen and oxygen atoms in total. The van der Waals surface area contributed by atoms with E-state index in [1.165, 1.54) is 0 Å². The Bertz CT molecular complexity index is 597. The van der Waals surface area contributed by atoms with Crippen LogP contribution in [0.1, 0.15) is 27.6 Å². The van der Waals surface area contributed by atoms with Crippen LogP contribution in [0.3, 0.4) is 0 Å². The van der Waals surface area contributed by atoms with E-state index < -0.39 is 6.10 Å². The van der Waals surface area contributed by atoms with Gasteiger partial charge < -0.3 is 16.2 Å². The molecule has 104 valence electrons. The number of hydrogen-bond donors (Lipinski definition) is 3. The lowest BCUT2D eigenvalue weighted by molar-refractivity contribution is 0.0916. The predicted molar refractivity (Wildman–Crippen MR) is 79.3 cm³/mol. The van der Waals surface area contributed by atoms with Crippen LogP contribution in [-0.4, -0.2) is 17.6 Å². The third-order valence-electron chi connectivity index (χ3n) is 3.18. The van der Waals surface area contributed by atoms with Gasteiger partial charge in [0, 0.05) is 17.8 Å². The molecule has 0 heterocycles.